The fraction of sp³-hybridized carbons (Fsp3) is 0.200. The molecule has 1 aromatic heterocycles. The van der Waals surface area contributed by atoms with E-state index < -0.39 is 16.0 Å². The number of hydrogen-bond acceptors (Lipinski definition) is 4. The van der Waals surface area contributed by atoms with Gasteiger partial charge in [-0.1, -0.05) is 0 Å². The fourth-order valence-electron chi connectivity index (χ4n) is 1.69. The van der Waals surface area contributed by atoms with Gasteiger partial charge in [0.15, 0.2) is 0 Å². The molecule has 8 heteroatoms. The van der Waals surface area contributed by atoms with Crippen molar-refractivity contribution in [3.63, 3.8) is 0 Å². The van der Waals surface area contributed by atoms with E-state index in [2.05, 4.69) is 9.71 Å². The predicted octanol–water partition coefficient (Wildman–Crippen LogP) is 0.180. The molecule has 0 aliphatic heterocycles. The predicted molar refractivity (Wildman–Crippen MR) is 63.9 cm³/mol. The monoisotopic (exact) mass is 269 g/mol. The third-order valence-corrected chi connectivity index (χ3v) is 4.01. The first kappa shape index (κ1) is 12.5. The van der Waals surface area contributed by atoms with Crippen molar-refractivity contribution >= 4 is 27.0 Å². The highest BCUT2D eigenvalue weighted by molar-refractivity contribution is 7.89. The molecule has 2 N–H and O–H groups in total. The number of imidazole rings is 1. The van der Waals surface area contributed by atoms with Crippen LogP contribution in [0, 0.1) is 0 Å². The fourth-order valence-corrected chi connectivity index (χ4v) is 2.70. The normalized spacial score (nSPS) is 11.9. The van der Waals surface area contributed by atoms with Crippen molar-refractivity contribution < 1.29 is 18.3 Å². The van der Waals surface area contributed by atoms with Crippen molar-refractivity contribution in [1.29, 1.82) is 0 Å². The van der Waals surface area contributed by atoms with Gasteiger partial charge in [-0.3, -0.25) is 0 Å². The highest BCUT2D eigenvalue weighted by Crippen LogP contribution is 2.23. The molecule has 0 bridgehead atoms. The van der Waals surface area contributed by atoms with Crippen LogP contribution >= 0.6 is 0 Å². The number of nitrogens with zero attached hydrogens (tertiary/aromatic N) is 2. The van der Waals surface area contributed by atoms with Crippen molar-refractivity contribution in [2.45, 2.75) is 4.90 Å². The lowest BCUT2D eigenvalue weighted by Gasteiger charge is -2.07. The van der Waals surface area contributed by atoms with Gasteiger partial charge in [0.1, 0.15) is 4.90 Å². The number of carboxylic acids is 1. The Morgan fingerprint density at radius 3 is 2.67 bits per heavy atom. The largest absolute Gasteiger partial charge is 0.478 e. The van der Waals surface area contributed by atoms with Gasteiger partial charge in [-0.05, 0) is 19.2 Å². The van der Waals surface area contributed by atoms with E-state index in [1.54, 1.807) is 7.05 Å². The maximum Gasteiger partial charge on any atom is 0.335 e. The molecule has 0 saturated heterocycles. The molecular formula is C10H11N3O4S. The van der Waals surface area contributed by atoms with Gasteiger partial charge in [0, 0.05) is 7.05 Å². The average molecular weight is 269 g/mol. The third-order valence-electron chi connectivity index (χ3n) is 2.58. The number of aromatic nitrogens is 2. The highest BCUT2D eigenvalue weighted by atomic mass is 32.2. The van der Waals surface area contributed by atoms with E-state index in [1.807, 2.05) is 0 Å². The van der Waals surface area contributed by atoms with Crippen LogP contribution in [0.4, 0.5) is 0 Å². The highest BCUT2D eigenvalue weighted by Gasteiger charge is 2.21. The van der Waals surface area contributed by atoms with Gasteiger partial charge >= 0.3 is 5.97 Å². The van der Waals surface area contributed by atoms with E-state index in [4.69, 9.17) is 5.11 Å². The summed E-state index contributed by atoms with van der Waals surface area (Å²) in [4.78, 5) is 14.8. The van der Waals surface area contributed by atoms with E-state index in [0.717, 1.165) is 6.07 Å². The molecule has 96 valence electrons. The lowest BCUT2D eigenvalue weighted by molar-refractivity contribution is 0.0697. The van der Waals surface area contributed by atoms with Crippen LogP contribution in [0.1, 0.15) is 10.4 Å². The molecule has 1 aromatic carbocycles. The molecule has 18 heavy (non-hydrogen) atoms. The number of aromatic carboxylic acids is 1. The van der Waals surface area contributed by atoms with E-state index in [-0.39, 0.29) is 10.5 Å². The van der Waals surface area contributed by atoms with Gasteiger partial charge in [0.25, 0.3) is 0 Å². The second kappa shape index (κ2) is 4.07. The van der Waals surface area contributed by atoms with Crippen LogP contribution in [0.15, 0.2) is 23.4 Å². The number of rotatable bonds is 3. The van der Waals surface area contributed by atoms with Gasteiger partial charge in [0.05, 0.1) is 22.9 Å². The smallest absolute Gasteiger partial charge is 0.335 e. The molecule has 0 atom stereocenters. The summed E-state index contributed by atoms with van der Waals surface area (Å²) in [6, 6.07) is 2.46. The Bertz CT molecular complexity index is 733. The minimum Gasteiger partial charge on any atom is -0.478 e. The van der Waals surface area contributed by atoms with E-state index >= 15 is 0 Å². The quantitative estimate of drug-likeness (QED) is 0.827. The Labute approximate surface area is 103 Å². The summed E-state index contributed by atoms with van der Waals surface area (Å²) < 4.78 is 27.5. The zero-order chi connectivity index (χ0) is 13.5. The molecule has 0 spiro atoms. The van der Waals surface area contributed by atoms with Crippen LogP contribution in [0.2, 0.25) is 0 Å². The zero-order valence-electron chi connectivity index (χ0n) is 9.71. The summed E-state index contributed by atoms with van der Waals surface area (Å²) in [6.07, 6.45) is 1.44. The van der Waals surface area contributed by atoms with Crippen molar-refractivity contribution in [2.75, 3.05) is 7.05 Å². The Kier molecular flexibility index (Phi) is 2.83. The van der Waals surface area contributed by atoms with Gasteiger partial charge in [-0.2, -0.15) is 0 Å². The summed E-state index contributed by atoms with van der Waals surface area (Å²) in [5, 5.41) is 8.96. The SMILES string of the molecule is CNS(=O)(=O)c1cc(C(=O)O)cc2ncn(C)c12. The number of carbonyl (C=O) groups is 1. The lowest BCUT2D eigenvalue weighted by Crippen LogP contribution is -2.20. The second-order valence-electron chi connectivity index (χ2n) is 3.71. The summed E-state index contributed by atoms with van der Waals surface area (Å²) in [5.74, 6) is -1.20. The van der Waals surface area contributed by atoms with Crippen LogP contribution in [0.3, 0.4) is 0 Å². The molecule has 7 nitrogen and oxygen atoms in total. The maximum absolute atomic E-state index is 11.9. The average Bonchev–Trinajstić information content (AvgIpc) is 2.70. The van der Waals surface area contributed by atoms with Crippen LogP contribution in [0.25, 0.3) is 11.0 Å². The number of sulfonamides is 1. The number of aryl methyl sites for hydroxylation is 1. The minimum atomic E-state index is -3.75. The number of benzene rings is 1. The van der Waals surface area contributed by atoms with Crippen LogP contribution in [-0.4, -0.2) is 36.1 Å². The van der Waals surface area contributed by atoms with Crippen molar-refractivity contribution in [2.24, 2.45) is 7.05 Å². The lowest BCUT2D eigenvalue weighted by atomic mass is 10.2. The molecular weight excluding hydrogens is 258 g/mol. The van der Waals surface area contributed by atoms with Crippen LogP contribution in [-0.2, 0) is 17.1 Å². The van der Waals surface area contributed by atoms with Crippen molar-refractivity contribution in [3.8, 4) is 0 Å². The Morgan fingerprint density at radius 1 is 1.44 bits per heavy atom. The summed E-state index contributed by atoms with van der Waals surface area (Å²) >= 11 is 0. The summed E-state index contributed by atoms with van der Waals surface area (Å²) in [6.45, 7) is 0. The molecule has 0 unspecified atom stereocenters. The summed E-state index contributed by atoms with van der Waals surface area (Å²) in [5.41, 5.74) is 0.579. The van der Waals surface area contributed by atoms with Gasteiger partial charge in [-0.15, -0.1) is 0 Å². The molecule has 0 radical (unpaired) electrons. The summed E-state index contributed by atoms with van der Waals surface area (Å²) in [7, 11) is -0.835. The minimum absolute atomic E-state index is 0.0973. The van der Waals surface area contributed by atoms with E-state index in [0.29, 0.717) is 11.0 Å². The molecule has 1 heterocycles. The topological polar surface area (TPSA) is 101 Å². The van der Waals surface area contributed by atoms with Crippen molar-refractivity contribution in [1.82, 2.24) is 14.3 Å². The molecule has 0 fully saturated rings. The first-order chi connectivity index (χ1) is 8.36. The molecule has 2 aromatic rings. The number of fused-ring (bicyclic) bond motifs is 1. The molecule has 0 aliphatic carbocycles. The first-order valence-electron chi connectivity index (χ1n) is 4.98. The van der Waals surface area contributed by atoms with Crippen LogP contribution in [0.5, 0.6) is 0 Å². The van der Waals surface area contributed by atoms with Crippen LogP contribution < -0.4 is 4.72 Å². The Balaban J connectivity index is 2.92. The van der Waals surface area contributed by atoms with Gasteiger partial charge in [0.2, 0.25) is 10.0 Å². The maximum atomic E-state index is 11.9. The standard InChI is InChI=1S/C10H11N3O4S/c1-11-18(16,17)8-4-6(10(14)15)3-7-9(8)13(2)5-12-7/h3-5,11H,1-2H3,(H,14,15). The van der Waals surface area contributed by atoms with E-state index in [9.17, 15) is 13.2 Å². The number of nitrogens with one attached hydrogen (secondary N) is 1. The van der Waals surface area contributed by atoms with E-state index in [1.165, 1.54) is 24.0 Å². The van der Waals surface area contributed by atoms with Gasteiger partial charge < -0.3 is 9.67 Å². The second-order valence-corrected chi connectivity index (χ2v) is 5.57. The van der Waals surface area contributed by atoms with Gasteiger partial charge in [-0.25, -0.2) is 22.9 Å². The zero-order valence-corrected chi connectivity index (χ0v) is 10.5. The number of hydrogen-bond donors (Lipinski definition) is 2. The third kappa shape index (κ3) is 1.85. The first-order valence-corrected chi connectivity index (χ1v) is 6.47. The molecule has 0 aliphatic rings. The molecule has 0 saturated carbocycles. The Morgan fingerprint density at radius 2 is 2.11 bits per heavy atom. The van der Waals surface area contributed by atoms with Crippen molar-refractivity contribution in [3.05, 3.63) is 24.0 Å². The molecule has 0 amide bonds. The Hall–Kier alpha value is -1.93. The molecule has 2 rings (SSSR count). The number of carboxylic acid groups (broad SMARTS) is 1.